The molecule has 110 valence electrons. The smallest absolute Gasteiger partial charge is 0.196 e. The van der Waals surface area contributed by atoms with Crippen molar-refractivity contribution < 1.29 is 9.53 Å². The van der Waals surface area contributed by atoms with E-state index in [4.69, 9.17) is 10.5 Å². The van der Waals surface area contributed by atoms with Gasteiger partial charge in [-0.3, -0.25) is 4.79 Å². The molecule has 0 atom stereocenters. The van der Waals surface area contributed by atoms with E-state index in [0.717, 1.165) is 17.5 Å². The Balaban J connectivity index is 2.45. The predicted molar refractivity (Wildman–Crippen MR) is 86.0 cm³/mol. The molecule has 0 amide bonds. The van der Waals surface area contributed by atoms with Gasteiger partial charge in [0.05, 0.1) is 12.2 Å². The summed E-state index contributed by atoms with van der Waals surface area (Å²) in [4.78, 5) is 12.7. The Morgan fingerprint density at radius 1 is 1.14 bits per heavy atom. The topological polar surface area (TPSA) is 52.3 Å². The molecule has 3 nitrogen and oxygen atoms in total. The Kier molecular flexibility index (Phi) is 4.63. The second-order valence-corrected chi connectivity index (χ2v) is 5.26. The summed E-state index contributed by atoms with van der Waals surface area (Å²) in [7, 11) is 0. The first-order valence-electron chi connectivity index (χ1n) is 7.17. The van der Waals surface area contributed by atoms with Gasteiger partial charge >= 0.3 is 0 Å². The van der Waals surface area contributed by atoms with Crippen LogP contribution in [0.25, 0.3) is 0 Å². The van der Waals surface area contributed by atoms with E-state index >= 15 is 0 Å². The lowest BCUT2D eigenvalue weighted by molar-refractivity contribution is 0.103. The average Bonchev–Trinajstić information content (AvgIpc) is 2.46. The molecule has 0 aliphatic heterocycles. The van der Waals surface area contributed by atoms with Gasteiger partial charge in [-0.15, -0.1) is 0 Å². The normalized spacial score (nSPS) is 10.4. The molecule has 0 saturated carbocycles. The number of hydrogen-bond acceptors (Lipinski definition) is 3. The zero-order valence-electron chi connectivity index (χ0n) is 12.8. The third-order valence-electron chi connectivity index (χ3n) is 3.29. The van der Waals surface area contributed by atoms with Crippen molar-refractivity contribution in [1.29, 1.82) is 0 Å². The minimum absolute atomic E-state index is 0.0343. The maximum absolute atomic E-state index is 12.7. The van der Waals surface area contributed by atoms with E-state index in [1.165, 1.54) is 0 Å². The highest BCUT2D eigenvalue weighted by Gasteiger charge is 2.17. The molecule has 21 heavy (non-hydrogen) atoms. The number of benzene rings is 2. The van der Waals surface area contributed by atoms with E-state index in [9.17, 15) is 4.79 Å². The molecule has 0 spiro atoms. The van der Waals surface area contributed by atoms with E-state index in [0.29, 0.717) is 29.2 Å². The fourth-order valence-corrected chi connectivity index (χ4v) is 2.31. The molecule has 2 aromatic carbocycles. The van der Waals surface area contributed by atoms with Crippen molar-refractivity contribution in [3.63, 3.8) is 0 Å². The Labute approximate surface area is 125 Å². The zero-order chi connectivity index (χ0) is 15.4. The summed E-state index contributed by atoms with van der Waals surface area (Å²) in [5, 5.41) is 0. The van der Waals surface area contributed by atoms with Gasteiger partial charge in [0.2, 0.25) is 0 Å². The van der Waals surface area contributed by atoms with Crippen LogP contribution in [0.2, 0.25) is 0 Å². The van der Waals surface area contributed by atoms with Gasteiger partial charge in [-0.05, 0) is 61.7 Å². The summed E-state index contributed by atoms with van der Waals surface area (Å²) in [6, 6.07) is 10.9. The molecular formula is C18H21NO2. The Morgan fingerprint density at radius 2 is 1.81 bits per heavy atom. The molecule has 0 fully saturated rings. The van der Waals surface area contributed by atoms with E-state index in [2.05, 4.69) is 0 Å². The number of nitrogen functional groups attached to an aromatic ring is 1. The van der Waals surface area contributed by atoms with Crippen molar-refractivity contribution in [1.82, 2.24) is 0 Å². The van der Waals surface area contributed by atoms with E-state index < -0.39 is 0 Å². The van der Waals surface area contributed by atoms with Crippen LogP contribution < -0.4 is 10.5 Å². The molecule has 0 radical (unpaired) electrons. The van der Waals surface area contributed by atoms with Crippen molar-refractivity contribution in [2.75, 3.05) is 12.3 Å². The molecule has 0 heterocycles. The molecule has 2 rings (SSSR count). The van der Waals surface area contributed by atoms with Crippen molar-refractivity contribution in [2.45, 2.75) is 27.2 Å². The molecule has 0 aromatic heterocycles. The van der Waals surface area contributed by atoms with Crippen LogP contribution in [-0.2, 0) is 0 Å². The van der Waals surface area contributed by atoms with Crippen molar-refractivity contribution in [3.05, 3.63) is 58.7 Å². The molecule has 0 aliphatic rings. The van der Waals surface area contributed by atoms with Gasteiger partial charge in [0, 0.05) is 11.3 Å². The van der Waals surface area contributed by atoms with Gasteiger partial charge in [-0.1, -0.05) is 13.0 Å². The molecule has 2 aromatic rings. The van der Waals surface area contributed by atoms with Crippen molar-refractivity contribution in [2.24, 2.45) is 0 Å². The number of hydrogen-bond donors (Lipinski definition) is 1. The highest BCUT2D eigenvalue weighted by atomic mass is 16.5. The first-order valence-corrected chi connectivity index (χ1v) is 7.17. The molecule has 3 heteroatoms. The monoisotopic (exact) mass is 283 g/mol. The standard InChI is InChI=1S/C18H21NO2/c1-4-9-21-18-13(3)10-12(2)11-16(18)17(20)14-5-7-15(19)8-6-14/h5-8,10-11H,4,9,19H2,1-3H3. The number of carbonyl (C=O) groups excluding carboxylic acids is 1. The predicted octanol–water partition coefficient (Wildman–Crippen LogP) is 3.91. The largest absolute Gasteiger partial charge is 0.493 e. The van der Waals surface area contributed by atoms with E-state index in [1.54, 1.807) is 24.3 Å². The Bertz CT molecular complexity index is 645. The zero-order valence-corrected chi connectivity index (χ0v) is 12.8. The maximum atomic E-state index is 12.7. The molecular weight excluding hydrogens is 262 g/mol. The van der Waals surface area contributed by atoms with Crippen LogP contribution in [0.15, 0.2) is 36.4 Å². The summed E-state index contributed by atoms with van der Waals surface area (Å²) in [6.45, 7) is 6.60. The summed E-state index contributed by atoms with van der Waals surface area (Å²) in [5.74, 6) is 0.650. The molecule has 0 saturated heterocycles. The number of ether oxygens (including phenoxy) is 1. The van der Waals surface area contributed by atoms with Gasteiger partial charge in [0.25, 0.3) is 0 Å². The van der Waals surface area contributed by atoms with Gasteiger partial charge in [-0.2, -0.15) is 0 Å². The number of nitrogens with two attached hydrogens (primary N) is 1. The first kappa shape index (κ1) is 15.1. The first-order chi connectivity index (χ1) is 10.0. The van der Waals surface area contributed by atoms with Crippen LogP contribution in [0.4, 0.5) is 5.69 Å². The minimum Gasteiger partial charge on any atom is -0.493 e. The lowest BCUT2D eigenvalue weighted by Gasteiger charge is -2.14. The number of anilines is 1. The van der Waals surface area contributed by atoms with Crippen LogP contribution in [0, 0.1) is 13.8 Å². The number of rotatable bonds is 5. The SMILES string of the molecule is CCCOc1c(C)cc(C)cc1C(=O)c1ccc(N)cc1. The van der Waals surface area contributed by atoms with Crippen LogP contribution in [0.1, 0.15) is 40.4 Å². The second-order valence-electron chi connectivity index (χ2n) is 5.26. The van der Waals surface area contributed by atoms with Crippen LogP contribution in [-0.4, -0.2) is 12.4 Å². The minimum atomic E-state index is -0.0343. The summed E-state index contributed by atoms with van der Waals surface area (Å²) in [5.41, 5.74) is 9.60. The van der Waals surface area contributed by atoms with E-state index in [1.807, 2.05) is 32.9 Å². The van der Waals surface area contributed by atoms with E-state index in [-0.39, 0.29) is 5.78 Å². The summed E-state index contributed by atoms with van der Waals surface area (Å²) < 4.78 is 5.79. The highest BCUT2D eigenvalue weighted by Crippen LogP contribution is 2.28. The van der Waals surface area contributed by atoms with Gasteiger partial charge < -0.3 is 10.5 Å². The fraction of sp³-hybridized carbons (Fsp3) is 0.278. The molecule has 2 N–H and O–H groups in total. The third-order valence-corrected chi connectivity index (χ3v) is 3.29. The van der Waals surface area contributed by atoms with Crippen LogP contribution >= 0.6 is 0 Å². The Morgan fingerprint density at radius 3 is 2.43 bits per heavy atom. The van der Waals surface area contributed by atoms with Crippen molar-refractivity contribution >= 4 is 11.5 Å². The highest BCUT2D eigenvalue weighted by molar-refractivity contribution is 6.11. The maximum Gasteiger partial charge on any atom is 0.196 e. The van der Waals surface area contributed by atoms with Gasteiger partial charge in [0.1, 0.15) is 5.75 Å². The lowest BCUT2D eigenvalue weighted by atomic mass is 9.98. The quantitative estimate of drug-likeness (QED) is 0.668. The molecule has 0 aliphatic carbocycles. The number of carbonyl (C=O) groups is 1. The third kappa shape index (κ3) is 3.43. The van der Waals surface area contributed by atoms with Gasteiger partial charge in [0.15, 0.2) is 5.78 Å². The van der Waals surface area contributed by atoms with Crippen LogP contribution in [0.3, 0.4) is 0 Å². The Hall–Kier alpha value is -2.29. The number of ketones is 1. The van der Waals surface area contributed by atoms with Crippen LogP contribution in [0.5, 0.6) is 5.75 Å². The second kappa shape index (κ2) is 6.44. The average molecular weight is 283 g/mol. The van der Waals surface area contributed by atoms with Gasteiger partial charge in [-0.25, -0.2) is 0 Å². The summed E-state index contributed by atoms with van der Waals surface area (Å²) >= 11 is 0. The van der Waals surface area contributed by atoms with Crippen molar-refractivity contribution in [3.8, 4) is 5.75 Å². The number of aryl methyl sites for hydroxylation is 2. The lowest BCUT2D eigenvalue weighted by Crippen LogP contribution is -2.08. The molecule has 0 unspecified atom stereocenters. The fourth-order valence-electron chi connectivity index (χ4n) is 2.31. The summed E-state index contributed by atoms with van der Waals surface area (Å²) in [6.07, 6.45) is 0.906. The molecule has 0 bridgehead atoms.